The number of aromatic carboxylic acids is 1. The van der Waals surface area contributed by atoms with Crippen LogP contribution in [0.15, 0.2) is 77.9 Å². The summed E-state index contributed by atoms with van der Waals surface area (Å²) in [6.45, 7) is 3.45. The van der Waals surface area contributed by atoms with Crippen LogP contribution in [0.4, 0.5) is 30.2 Å². The van der Waals surface area contributed by atoms with E-state index in [0.29, 0.717) is 33.0 Å². The molecule has 0 aromatic heterocycles. The molecule has 0 atom stereocenters. The Morgan fingerprint density at radius 3 is 2.29 bits per heavy atom. The molecule has 3 N–H and O–H groups in total. The number of carbonyl (C=O) groups excluding carboxylic acids is 1. The molecule has 4 aromatic carbocycles. The van der Waals surface area contributed by atoms with Gasteiger partial charge in [0.05, 0.1) is 22.5 Å². The molecule has 1 heterocycles. The van der Waals surface area contributed by atoms with Crippen molar-refractivity contribution in [2.75, 3.05) is 10.3 Å². The summed E-state index contributed by atoms with van der Waals surface area (Å²) in [6, 6.07) is 16.8. The topological polar surface area (TPSA) is 102 Å². The van der Waals surface area contributed by atoms with E-state index in [9.17, 15) is 33.0 Å². The van der Waals surface area contributed by atoms with E-state index in [4.69, 9.17) is 11.6 Å². The van der Waals surface area contributed by atoms with E-state index < -0.39 is 23.6 Å². The highest BCUT2D eigenvalue weighted by molar-refractivity contribution is 6.55. The monoisotopic (exact) mass is 579 g/mol. The van der Waals surface area contributed by atoms with Gasteiger partial charge in [0.15, 0.2) is 5.71 Å². The lowest BCUT2D eigenvalue weighted by Crippen LogP contribution is -2.26. The van der Waals surface area contributed by atoms with Crippen molar-refractivity contribution < 1.29 is 33.0 Å². The minimum absolute atomic E-state index is 0.00467. The number of aromatic hydroxyl groups is 1. The summed E-state index contributed by atoms with van der Waals surface area (Å²) in [4.78, 5) is 26.2. The number of nitrogens with one attached hydrogen (secondary N) is 1. The number of anilines is 3. The van der Waals surface area contributed by atoms with E-state index in [1.165, 1.54) is 30.3 Å². The van der Waals surface area contributed by atoms with Crippen molar-refractivity contribution in [1.82, 2.24) is 0 Å². The number of hydrogen-bond acceptors (Lipinski definition) is 5. The standard InChI is InChI=1S/C30H21ClF3N3O4/c1-15-11-20(12-16(2)25(15)31)37-24-14-19(30(32,33)34)9-10-22(24)26(28(37)39)36-35-23-8-4-7-21(27(23)38)17-5-3-6-18(13-17)29(40)41/h3-14,35,38H,1-2H3,(H,40,41)/b36-26-. The van der Waals surface area contributed by atoms with Gasteiger partial charge in [0.25, 0.3) is 5.91 Å². The van der Waals surface area contributed by atoms with Gasteiger partial charge in [-0.2, -0.15) is 18.3 Å². The molecule has 41 heavy (non-hydrogen) atoms. The van der Waals surface area contributed by atoms with Gasteiger partial charge >= 0.3 is 12.1 Å². The molecule has 0 bridgehead atoms. The van der Waals surface area contributed by atoms with Crippen LogP contribution in [-0.2, 0) is 11.0 Å². The predicted molar refractivity (Wildman–Crippen MR) is 150 cm³/mol. The SMILES string of the molecule is Cc1cc(N2C(=O)/C(=N\Nc3cccc(-c4cccc(C(=O)O)c4)c3O)c3ccc(C(F)(F)F)cc32)cc(C)c1Cl. The van der Waals surface area contributed by atoms with Crippen LogP contribution in [0.2, 0.25) is 5.02 Å². The maximum Gasteiger partial charge on any atom is 0.416 e. The summed E-state index contributed by atoms with van der Waals surface area (Å²) in [7, 11) is 0. The van der Waals surface area contributed by atoms with Gasteiger partial charge < -0.3 is 10.2 Å². The zero-order valence-corrected chi connectivity index (χ0v) is 22.3. The predicted octanol–water partition coefficient (Wildman–Crippen LogP) is 7.54. The summed E-state index contributed by atoms with van der Waals surface area (Å²) >= 11 is 6.28. The first kappa shape index (κ1) is 27.7. The molecular formula is C30H21ClF3N3O4. The van der Waals surface area contributed by atoms with Crippen molar-refractivity contribution in [3.8, 4) is 16.9 Å². The number of amides is 1. The molecule has 7 nitrogen and oxygen atoms in total. The molecular weight excluding hydrogens is 559 g/mol. The number of hydrazone groups is 1. The molecule has 0 fully saturated rings. The number of benzene rings is 4. The van der Waals surface area contributed by atoms with E-state index in [0.717, 1.165) is 17.0 Å². The molecule has 4 aromatic rings. The molecule has 0 aliphatic carbocycles. The number of halogens is 4. The average Bonchev–Trinajstić information content (AvgIpc) is 3.20. The molecule has 11 heteroatoms. The second-order valence-corrected chi connectivity index (χ2v) is 9.80. The van der Waals surface area contributed by atoms with E-state index in [2.05, 4.69) is 10.5 Å². The number of phenolic OH excluding ortho intramolecular Hbond substituents is 1. The second kappa shape index (κ2) is 10.3. The van der Waals surface area contributed by atoms with Gasteiger partial charge in [-0.3, -0.25) is 15.1 Å². The van der Waals surface area contributed by atoms with Crippen molar-refractivity contribution in [3.05, 3.63) is 106 Å². The first-order valence-corrected chi connectivity index (χ1v) is 12.6. The number of rotatable bonds is 5. The number of para-hydroxylation sites is 1. The zero-order valence-electron chi connectivity index (χ0n) is 21.5. The highest BCUT2D eigenvalue weighted by Gasteiger charge is 2.39. The Labute approximate surface area is 237 Å². The van der Waals surface area contributed by atoms with E-state index in [-0.39, 0.29) is 34.0 Å². The zero-order chi connectivity index (χ0) is 29.6. The van der Waals surface area contributed by atoms with Crippen molar-refractivity contribution in [3.63, 3.8) is 0 Å². The quantitative estimate of drug-likeness (QED) is 0.167. The third kappa shape index (κ3) is 5.09. The highest BCUT2D eigenvalue weighted by atomic mass is 35.5. The van der Waals surface area contributed by atoms with Gasteiger partial charge in [-0.1, -0.05) is 35.9 Å². The third-order valence-electron chi connectivity index (χ3n) is 6.65. The number of carboxylic acids is 1. The Morgan fingerprint density at radius 1 is 0.951 bits per heavy atom. The third-order valence-corrected chi connectivity index (χ3v) is 7.25. The molecule has 0 spiro atoms. The lowest BCUT2D eigenvalue weighted by atomic mass is 10.0. The number of carboxylic acid groups (broad SMARTS) is 1. The van der Waals surface area contributed by atoms with Crippen molar-refractivity contribution in [1.29, 1.82) is 0 Å². The highest BCUT2D eigenvalue weighted by Crippen LogP contribution is 2.42. The van der Waals surface area contributed by atoms with Crippen molar-refractivity contribution >= 4 is 46.3 Å². The first-order valence-electron chi connectivity index (χ1n) is 12.2. The fourth-order valence-corrected chi connectivity index (χ4v) is 4.75. The number of fused-ring (bicyclic) bond motifs is 1. The summed E-state index contributed by atoms with van der Waals surface area (Å²) in [6.07, 6.45) is -4.64. The van der Waals surface area contributed by atoms with Gasteiger partial charge in [0.2, 0.25) is 0 Å². The maximum absolute atomic E-state index is 13.7. The van der Waals surface area contributed by atoms with Crippen LogP contribution in [-0.4, -0.2) is 27.8 Å². The Kier molecular flexibility index (Phi) is 6.96. The summed E-state index contributed by atoms with van der Waals surface area (Å²) < 4.78 is 40.8. The van der Waals surface area contributed by atoms with Crippen LogP contribution in [0.25, 0.3) is 11.1 Å². The van der Waals surface area contributed by atoms with Gasteiger partial charge in [-0.05, 0) is 79.1 Å². The lowest BCUT2D eigenvalue weighted by Gasteiger charge is -2.20. The van der Waals surface area contributed by atoms with Crippen molar-refractivity contribution in [2.24, 2.45) is 5.10 Å². The minimum Gasteiger partial charge on any atom is -0.505 e. The Balaban J connectivity index is 1.58. The molecule has 5 rings (SSSR count). The number of aryl methyl sites for hydroxylation is 2. The molecule has 0 saturated heterocycles. The van der Waals surface area contributed by atoms with Crippen LogP contribution < -0.4 is 10.3 Å². The minimum atomic E-state index is -4.64. The fourth-order valence-electron chi connectivity index (χ4n) is 4.64. The molecule has 0 radical (unpaired) electrons. The van der Waals surface area contributed by atoms with Crippen LogP contribution in [0, 0.1) is 13.8 Å². The normalized spacial score (nSPS) is 14.0. The average molecular weight is 580 g/mol. The number of alkyl halides is 3. The second-order valence-electron chi connectivity index (χ2n) is 9.42. The van der Waals surface area contributed by atoms with Gasteiger partial charge in [0.1, 0.15) is 5.75 Å². The van der Waals surface area contributed by atoms with Crippen molar-refractivity contribution in [2.45, 2.75) is 20.0 Å². The Morgan fingerprint density at radius 2 is 1.63 bits per heavy atom. The number of carbonyl (C=O) groups is 2. The van der Waals surface area contributed by atoms with E-state index in [1.54, 1.807) is 44.2 Å². The number of phenols is 1. The number of hydrogen-bond donors (Lipinski definition) is 3. The maximum atomic E-state index is 13.7. The number of nitrogens with zero attached hydrogens (tertiary/aromatic N) is 2. The summed E-state index contributed by atoms with van der Waals surface area (Å²) in [5.41, 5.74) is 4.16. The molecule has 0 saturated carbocycles. The first-order chi connectivity index (χ1) is 19.4. The van der Waals surface area contributed by atoms with Gasteiger partial charge in [0, 0.05) is 21.8 Å². The van der Waals surface area contributed by atoms with E-state index in [1.807, 2.05) is 0 Å². The molecule has 1 amide bonds. The summed E-state index contributed by atoms with van der Waals surface area (Å²) in [5, 5.41) is 24.9. The van der Waals surface area contributed by atoms with Crippen LogP contribution in [0.5, 0.6) is 5.75 Å². The molecule has 208 valence electrons. The Hall–Kier alpha value is -4.83. The van der Waals surface area contributed by atoms with Crippen LogP contribution in [0.1, 0.15) is 32.6 Å². The molecule has 0 unspecified atom stereocenters. The molecule has 1 aliphatic rings. The summed E-state index contributed by atoms with van der Waals surface area (Å²) in [5.74, 6) is -2.08. The van der Waals surface area contributed by atoms with Crippen LogP contribution in [0.3, 0.4) is 0 Å². The van der Waals surface area contributed by atoms with Gasteiger partial charge in [-0.25, -0.2) is 4.79 Å². The Bertz CT molecular complexity index is 1750. The molecule has 1 aliphatic heterocycles. The van der Waals surface area contributed by atoms with E-state index >= 15 is 0 Å². The van der Waals surface area contributed by atoms with Crippen LogP contribution >= 0.6 is 11.6 Å². The largest absolute Gasteiger partial charge is 0.505 e. The fraction of sp³-hybridized carbons (Fsp3) is 0.100. The van der Waals surface area contributed by atoms with Gasteiger partial charge in [-0.15, -0.1) is 0 Å². The lowest BCUT2D eigenvalue weighted by molar-refractivity contribution is -0.137. The smallest absolute Gasteiger partial charge is 0.416 e.